The summed E-state index contributed by atoms with van der Waals surface area (Å²) in [7, 11) is 0. The molecule has 16 heavy (non-hydrogen) atoms. The molecule has 1 unspecified atom stereocenters. The highest BCUT2D eigenvalue weighted by Gasteiger charge is 2.20. The van der Waals surface area contributed by atoms with Crippen LogP contribution >= 0.6 is 0 Å². The normalized spacial score (nSPS) is 21.4. The van der Waals surface area contributed by atoms with Crippen molar-refractivity contribution in [2.24, 2.45) is 0 Å². The zero-order valence-electron chi connectivity index (χ0n) is 9.48. The standard InChI is InChI=1S/C12H16N4/c1-9-15-12(10-5-2-3-7-13-10)11-6-4-8-14-16(9)11/h4,6,8,10,13H,2-3,5,7H2,1H3. The summed E-state index contributed by atoms with van der Waals surface area (Å²) in [6, 6.07) is 4.48. The van der Waals surface area contributed by atoms with Crippen molar-refractivity contribution in [1.29, 1.82) is 0 Å². The molecule has 1 N–H and O–H groups in total. The Morgan fingerprint density at radius 2 is 2.38 bits per heavy atom. The fraction of sp³-hybridized carbons (Fsp3) is 0.500. The highest BCUT2D eigenvalue weighted by Crippen LogP contribution is 2.25. The van der Waals surface area contributed by atoms with E-state index in [0.29, 0.717) is 6.04 Å². The molecule has 4 nitrogen and oxygen atoms in total. The summed E-state index contributed by atoms with van der Waals surface area (Å²) in [5.74, 6) is 0.970. The number of imidazole rings is 1. The first-order valence-corrected chi connectivity index (χ1v) is 5.90. The first-order chi connectivity index (χ1) is 7.86. The van der Waals surface area contributed by atoms with E-state index in [0.717, 1.165) is 23.6 Å². The van der Waals surface area contributed by atoms with E-state index in [2.05, 4.69) is 21.5 Å². The molecule has 1 atom stereocenters. The lowest BCUT2D eigenvalue weighted by Gasteiger charge is -2.21. The minimum atomic E-state index is 0.404. The van der Waals surface area contributed by atoms with Crippen LogP contribution in [0.5, 0.6) is 0 Å². The van der Waals surface area contributed by atoms with Crippen LogP contribution in [0.15, 0.2) is 18.3 Å². The maximum Gasteiger partial charge on any atom is 0.127 e. The molecular formula is C12H16N4. The molecule has 1 aliphatic rings. The zero-order chi connectivity index (χ0) is 11.0. The second-order valence-corrected chi connectivity index (χ2v) is 4.37. The Balaban J connectivity index is 2.08. The summed E-state index contributed by atoms with van der Waals surface area (Å²) in [5, 5.41) is 7.86. The van der Waals surface area contributed by atoms with Gasteiger partial charge in [-0.25, -0.2) is 9.50 Å². The fourth-order valence-corrected chi connectivity index (χ4v) is 2.44. The smallest absolute Gasteiger partial charge is 0.127 e. The minimum absolute atomic E-state index is 0.404. The van der Waals surface area contributed by atoms with Crippen molar-refractivity contribution in [2.75, 3.05) is 6.54 Å². The molecule has 3 heterocycles. The zero-order valence-corrected chi connectivity index (χ0v) is 9.48. The van der Waals surface area contributed by atoms with Crippen LogP contribution in [0.25, 0.3) is 5.52 Å². The van der Waals surface area contributed by atoms with E-state index in [1.54, 1.807) is 6.20 Å². The Kier molecular flexibility index (Phi) is 2.36. The number of hydrogen-bond donors (Lipinski definition) is 1. The van der Waals surface area contributed by atoms with Gasteiger partial charge in [-0.05, 0) is 38.4 Å². The molecule has 0 radical (unpaired) electrons. The van der Waals surface area contributed by atoms with Gasteiger partial charge in [-0.15, -0.1) is 0 Å². The SMILES string of the molecule is Cc1nc(C2CCCCN2)c2cccnn12. The average molecular weight is 216 g/mol. The van der Waals surface area contributed by atoms with Crippen molar-refractivity contribution in [2.45, 2.75) is 32.2 Å². The number of fused-ring (bicyclic) bond motifs is 1. The lowest BCUT2D eigenvalue weighted by Crippen LogP contribution is -2.27. The molecule has 4 heteroatoms. The van der Waals surface area contributed by atoms with E-state index in [1.807, 2.05) is 17.5 Å². The highest BCUT2D eigenvalue weighted by atomic mass is 15.3. The first kappa shape index (κ1) is 9.78. The third-order valence-corrected chi connectivity index (χ3v) is 3.24. The molecule has 2 aromatic rings. The summed E-state index contributed by atoms with van der Waals surface area (Å²) in [5.41, 5.74) is 2.30. The molecule has 84 valence electrons. The van der Waals surface area contributed by atoms with Crippen molar-refractivity contribution >= 4 is 5.52 Å². The maximum atomic E-state index is 4.65. The van der Waals surface area contributed by atoms with Gasteiger partial charge in [-0.2, -0.15) is 5.10 Å². The van der Waals surface area contributed by atoms with Crippen LogP contribution in [0.1, 0.15) is 36.8 Å². The predicted molar refractivity (Wildman–Crippen MR) is 62.3 cm³/mol. The van der Waals surface area contributed by atoms with Crippen LogP contribution < -0.4 is 5.32 Å². The number of hydrogen-bond acceptors (Lipinski definition) is 3. The summed E-state index contributed by atoms with van der Waals surface area (Å²) < 4.78 is 1.92. The van der Waals surface area contributed by atoms with Gasteiger partial charge in [0.1, 0.15) is 5.82 Å². The summed E-state index contributed by atoms with van der Waals surface area (Å²) in [6.07, 6.45) is 5.55. The summed E-state index contributed by atoms with van der Waals surface area (Å²) in [6.45, 7) is 3.11. The van der Waals surface area contributed by atoms with Crippen LogP contribution in [0, 0.1) is 6.92 Å². The van der Waals surface area contributed by atoms with Gasteiger partial charge in [0.2, 0.25) is 0 Å². The van der Waals surface area contributed by atoms with Gasteiger partial charge in [-0.1, -0.05) is 6.42 Å². The van der Waals surface area contributed by atoms with Crippen LogP contribution in [0.2, 0.25) is 0 Å². The van der Waals surface area contributed by atoms with E-state index < -0.39 is 0 Å². The van der Waals surface area contributed by atoms with Crippen molar-refractivity contribution in [3.8, 4) is 0 Å². The van der Waals surface area contributed by atoms with Gasteiger partial charge in [0.15, 0.2) is 0 Å². The second-order valence-electron chi connectivity index (χ2n) is 4.37. The van der Waals surface area contributed by atoms with E-state index in [9.17, 15) is 0 Å². The summed E-state index contributed by atoms with van der Waals surface area (Å²) >= 11 is 0. The lowest BCUT2D eigenvalue weighted by molar-refractivity contribution is 0.408. The minimum Gasteiger partial charge on any atom is -0.309 e. The summed E-state index contributed by atoms with van der Waals surface area (Å²) in [4.78, 5) is 4.65. The van der Waals surface area contributed by atoms with Gasteiger partial charge < -0.3 is 5.32 Å². The average Bonchev–Trinajstić information content (AvgIpc) is 2.69. The molecule has 3 rings (SSSR count). The topological polar surface area (TPSA) is 42.2 Å². The monoisotopic (exact) mass is 216 g/mol. The molecule has 0 spiro atoms. The van der Waals surface area contributed by atoms with Gasteiger partial charge >= 0.3 is 0 Å². The van der Waals surface area contributed by atoms with Crippen LogP contribution in [0.3, 0.4) is 0 Å². The lowest BCUT2D eigenvalue weighted by atomic mass is 10.0. The molecule has 1 saturated heterocycles. The van der Waals surface area contributed by atoms with Crippen LogP contribution in [-0.4, -0.2) is 21.1 Å². The molecule has 2 aromatic heterocycles. The first-order valence-electron chi connectivity index (χ1n) is 5.90. The number of aromatic nitrogens is 3. The molecule has 0 amide bonds. The largest absolute Gasteiger partial charge is 0.309 e. The van der Waals surface area contributed by atoms with Crippen molar-refractivity contribution in [3.63, 3.8) is 0 Å². The van der Waals surface area contributed by atoms with Crippen LogP contribution in [-0.2, 0) is 0 Å². The number of nitrogens with one attached hydrogen (secondary N) is 1. The Hall–Kier alpha value is -1.42. The third kappa shape index (κ3) is 1.50. The van der Waals surface area contributed by atoms with Crippen molar-refractivity contribution in [3.05, 3.63) is 29.8 Å². The molecular weight excluding hydrogens is 200 g/mol. The maximum absolute atomic E-state index is 4.65. The Morgan fingerprint density at radius 1 is 1.44 bits per heavy atom. The van der Waals surface area contributed by atoms with Gasteiger partial charge in [0.05, 0.1) is 17.3 Å². The molecule has 0 saturated carbocycles. The molecule has 1 aliphatic heterocycles. The fourth-order valence-electron chi connectivity index (χ4n) is 2.44. The number of rotatable bonds is 1. The quantitative estimate of drug-likeness (QED) is 0.791. The molecule has 0 aliphatic carbocycles. The van der Waals surface area contributed by atoms with E-state index >= 15 is 0 Å². The Labute approximate surface area is 94.7 Å². The van der Waals surface area contributed by atoms with Gasteiger partial charge in [0.25, 0.3) is 0 Å². The van der Waals surface area contributed by atoms with E-state index in [4.69, 9.17) is 0 Å². The van der Waals surface area contributed by atoms with Gasteiger partial charge in [0, 0.05) is 6.20 Å². The van der Waals surface area contributed by atoms with E-state index in [1.165, 1.54) is 19.3 Å². The second kappa shape index (κ2) is 3.87. The Bertz CT molecular complexity index is 497. The predicted octanol–water partition coefficient (Wildman–Crippen LogP) is 1.85. The molecule has 1 fully saturated rings. The number of aryl methyl sites for hydroxylation is 1. The number of nitrogens with zero attached hydrogens (tertiary/aromatic N) is 3. The number of piperidine rings is 1. The molecule has 0 bridgehead atoms. The third-order valence-electron chi connectivity index (χ3n) is 3.24. The van der Waals surface area contributed by atoms with Crippen LogP contribution in [0.4, 0.5) is 0 Å². The Morgan fingerprint density at radius 3 is 3.19 bits per heavy atom. The van der Waals surface area contributed by atoms with Crippen molar-refractivity contribution in [1.82, 2.24) is 19.9 Å². The van der Waals surface area contributed by atoms with E-state index in [-0.39, 0.29) is 0 Å². The van der Waals surface area contributed by atoms with Gasteiger partial charge in [-0.3, -0.25) is 0 Å². The van der Waals surface area contributed by atoms with Crippen molar-refractivity contribution < 1.29 is 0 Å². The molecule has 0 aromatic carbocycles. The highest BCUT2D eigenvalue weighted by molar-refractivity contribution is 5.53.